The second kappa shape index (κ2) is 5.34. The van der Waals surface area contributed by atoms with Crippen LogP contribution < -0.4 is 0 Å². The fourth-order valence-electron chi connectivity index (χ4n) is 2.19. The quantitative estimate of drug-likeness (QED) is 0.557. The molecule has 17 heavy (non-hydrogen) atoms. The third-order valence-corrected chi connectivity index (χ3v) is 3.15. The molecule has 0 aromatic rings. The Kier molecular flexibility index (Phi) is 4.32. The molecule has 0 radical (unpaired) electrons. The van der Waals surface area contributed by atoms with Crippen molar-refractivity contribution in [3.63, 3.8) is 0 Å². The molecule has 0 aliphatic heterocycles. The number of carbonyl (C=O) groups is 2. The van der Waals surface area contributed by atoms with Crippen LogP contribution in [0.3, 0.4) is 0 Å². The Morgan fingerprint density at radius 1 is 1.29 bits per heavy atom. The van der Waals surface area contributed by atoms with Crippen molar-refractivity contribution in [3.05, 3.63) is 11.6 Å². The molecule has 0 heterocycles. The average molecular weight is 240 g/mol. The first kappa shape index (κ1) is 13.7. The first-order chi connectivity index (χ1) is 7.84. The first-order valence-corrected chi connectivity index (χ1v) is 5.81. The lowest BCUT2D eigenvalue weighted by Gasteiger charge is -2.26. The Labute approximate surface area is 102 Å². The molecule has 1 aliphatic carbocycles. The third-order valence-electron chi connectivity index (χ3n) is 3.15. The van der Waals surface area contributed by atoms with E-state index in [0.717, 1.165) is 6.42 Å². The molecule has 0 aromatic carbocycles. The van der Waals surface area contributed by atoms with E-state index in [4.69, 9.17) is 9.47 Å². The molecule has 0 N–H and O–H groups in total. The maximum Gasteiger partial charge on any atom is 0.302 e. The zero-order valence-electron chi connectivity index (χ0n) is 10.9. The monoisotopic (exact) mass is 240 g/mol. The third kappa shape index (κ3) is 3.88. The van der Waals surface area contributed by atoms with E-state index < -0.39 is 0 Å². The highest BCUT2D eigenvalue weighted by Gasteiger charge is 2.38. The number of rotatable bonds is 4. The molecule has 0 bridgehead atoms. The molecule has 0 fully saturated rings. The van der Waals surface area contributed by atoms with Gasteiger partial charge in [0.15, 0.2) is 0 Å². The Balaban J connectivity index is 2.72. The lowest BCUT2D eigenvalue weighted by Crippen LogP contribution is -2.31. The van der Waals surface area contributed by atoms with Crippen molar-refractivity contribution >= 4 is 11.9 Å². The topological polar surface area (TPSA) is 52.6 Å². The van der Waals surface area contributed by atoms with Gasteiger partial charge in [0.2, 0.25) is 0 Å². The molecular formula is C13H20O4. The Morgan fingerprint density at radius 2 is 1.76 bits per heavy atom. The van der Waals surface area contributed by atoms with E-state index in [1.54, 1.807) is 0 Å². The SMILES string of the molecule is CC(=O)OCC1(COC(C)=O)C=C(C)C(C)C1. The molecule has 4 nitrogen and oxygen atoms in total. The maximum absolute atomic E-state index is 10.9. The van der Waals surface area contributed by atoms with E-state index in [1.807, 2.05) is 6.92 Å². The molecule has 1 aliphatic rings. The minimum Gasteiger partial charge on any atom is -0.465 e. The van der Waals surface area contributed by atoms with Crippen LogP contribution in [0.4, 0.5) is 0 Å². The minimum absolute atomic E-state index is 0.275. The molecule has 96 valence electrons. The van der Waals surface area contributed by atoms with Crippen molar-refractivity contribution in [2.45, 2.75) is 34.1 Å². The average Bonchev–Trinajstić information content (AvgIpc) is 2.50. The number of carbonyl (C=O) groups excluding carboxylic acids is 2. The fraction of sp³-hybridized carbons (Fsp3) is 0.692. The van der Waals surface area contributed by atoms with E-state index in [2.05, 4.69) is 13.0 Å². The summed E-state index contributed by atoms with van der Waals surface area (Å²) in [6, 6.07) is 0. The molecule has 1 rings (SSSR count). The Morgan fingerprint density at radius 3 is 2.06 bits per heavy atom. The van der Waals surface area contributed by atoms with E-state index in [-0.39, 0.29) is 30.6 Å². The lowest BCUT2D eigenvalue weighted by atomic mass is 9.87. The molecule has 0 amide bonds. The summed E-state index contributed by atoms with van der Waals surface area (Å²) in [5, 5.41) is 0. The van der Waals surface area contributed by atoms with Crippen molar-refractivity contribution in [2.75, 3.05) is 13.2 Å². The van der Waals surface area contributed by atoms with Gasteiger partial charge in [-0.15, -0.1) is 0 Å². The first-order valence-electron chi connectivity index (χ1n) is 5.81. The van der Waals surface area contributed by atoms with E-state index in [1.165, 1.54) is 19.4 Å². The van der Waals surface area contributed by atoms with Crippen LogP contribution in [-0.2, 0) is 19.1 Å². The van der Waals surface area contributed by atoms with Crippen molar-refractivity contribution in [1.82, 2.24) is 0 Å². The Hall–Kier alpha value is -1.32. The molecule has 0 aromatic heterocycles. The van der Waals surface area contributed by atoms with Gasteiger partial charge in [0.25, 0.3) is 0 Å². The van der Waals surface area contributed by atoms with Crippen molar-refractivity contribution < 1.29 is 19.1 Å². The summed E-state index contributed by atoms with van der Waals surface area (Å²) < 4.78 is 10.2. The van der Waals surface area contributed by atoms with Crippen LogP contribution in [-0.4, -0.2) is 25.2 Å². The second-order valence-electron chi connectivity index (χ2n) is 4.92. The smallest absolute Gasteiger partial charge is 0.302 e. The van der Waals surface area contributed by atoms with Gasteiger partial charge < -0.3 is 9.47 Å². The van der Waals surface area contributed by atoms with Crippen LogP contribution in [0.25, 0.3) is 0 Å². The Bertz CT molecular complexity index is 325. The van der Waals surface area contributed by atoms with Crippen LogP contribution >= 0.6 is 0 Å². The standard InChI is InChI=1S/C13H20O4/c1-9-5-13(6-10(9)2,7-16-11(3)14)8-17-12(4)15/h5,10H,6-8H2,1-4H3. The highest BCUT2D eigenvalue weighted by Crippen LogP contribution is 2.40. The highest BCUT2D eigenvalue weighted by molar-refractivity contribution is 5.66. The van der Waals surface area contributed by atoms with Gasteiger partial charge in [0, 0.05) is 13.8 Å². The highest BCUT2D eigenvalue weighted by atomic mass is 16.5. The second-order valence-corrected chi connectivity index (χ2v) is 4.92. The number of allylic oxidation sites excluding steroid dienone is 1. The van der Waals surface area contributed by atoms with Crippen molar-refractivity contribution in [2.24, 2.45) is 11.3 Å². The zero-order valence-corrected chi connectivity index (χ0v) is 10.9. The van der Waals surface area contributed by atoms with Crippen molar-refractivity contribution in [3.8, 4) is 0 Å². The van der Waals surface area contributed by atoms with Gasteiger partial charge in [-0.3, -0.25) is 9.59 Å². The van der Waals surface area contributed by atoms with Gasteiger partial charge in [0.1, 0.15) is 13.2 Å². The number of hydrogen-bond donors (Lipinski definition) is 0. The van der Waals surface area contributed by atoms with Crippen LogP contribution in [0.1, 0.15) is 34.1 Å². The van der Waals surface area contributed by atoms with Crippen LogP contribution in [0.2, 0.25) is 0 Å². The summed E-state index contributed by atoms with van der Waals surface area (Å²) in [5.74, 6) is -0.184. The zero-order chi connectivity index (χ0) is 13.1. The molecule has 0 saturated carbocycles. The fourth-order valence-corrected chi connectivity index (χ4v) is 2.19. The largest absolute Gasteiger partial charge is 0.465 e. The van der Waals surface area contributed by atoms with E-state index in [9.17, 15) is 9.59 Å². The van der Waals surface area contributed by atoms with E-state index in [0.29, 0.717) is 5.92 Å². The molecule has 1 atom stereocenters. The minimum atomic E-state index is -0.346. The van der Waals surface area contributed by atoms with Crippen LogP contribution in [0.15, 0.2) is 11.6 Å². The molecule has 1 unspecified atom stereocenters. The van der Waals surface area contributed by atoms with Crippen LogP contribution in [0.5, 0.6) is 0 Å². The number of ether oxygens (including phenoxy) is 2. The predicted molar refractivity (Wildman–Crippen MR) is 63.2 cm³/mol. The summed E-state index contributed by atoms with van der Waals surface area (Å²) in [7, 11) is 0. The summed E-state index contributed by atoms with van der Waals surface area (Å²) in [6.07, 6.45) is 2.92. The van der Waals surface area contributed by atoms with Crippen molar-refractivity contribution in [1.29, 1.82) is 0 Å². The lowest BCUT2D eigenvalue weighted by molar-refractivity contribution is -0.149. The van der Waals surface area contributed by atoms with E-state index >= 15 is 0 Å². The molecular weight excluding hydrogens is 220 g/mol. The summed E-state index contributed by atoms with van der Waals surface area (Å²) in [4.78, 5) is 21.8. The number of esters is 2. The normalized spacial score (nSPS) is 21.9. The van der Waals surface area contributed by atoms with Crippen LogP contribution in [0, 0.1) is 11.3 Å². The van der Waals surface area contributed by atoms with Gasteiger partial charge in [-0.1, -0.05) is 18.6 Å². The summed E-state index contributed by atoms with van der Waals surface area (Å²) >= 11 is 0. The maximum atomic E-state index is 10.9. The van der Waals surface area contributed by atoms with Gasteiger partial charge >= 0.3 is 11.9 Å². The predicted octanol–water partition coefficient (Wildman–Crippen LogP) is 2.09. The van der Waals surface area contributed by atoms with Gasteiger partial charge in [0.05, 0.1) is 5.41 Å². The molecule has 0 saturated heterocycles. The molecule has 0 spiro atoms. The summed E-state index contributed by atoms with van der Waals surface area (Å²) in [5.41, 5.74) is 0.908. The van der Waals surface area contributed by atoms with Gasteiger partial charge in [-0.25, -0.2) is 0 Å². The summed E-state index contributed by atoms with van der Waals surface area (Å²) in [6.45, 7) is 7.49. The molecule has 4 heteroatoms. The van der Waals surface area contributed by atoms with Gasteiger partial charge in [-0.2, -0.15) is 0 Å². The van der Waals surface area contributed by atoms with Gasteiger partial charge in [-0.05, 0) is 19.3 Å². The number of hydrogen-bond acceptors (Lipinski definition) is 4.